The van der Waals surface area contributed by atoms with E-state index in [1.807, 2.05) is 0 Å². The molecule has 0 radical (unpaired) electrons. The number of hydrogen-bond donors (Lipinski definition) is 1. The second-order valence-corrected chi connectivity index (χ2v) is 3.81. The summed E-state index contributed by atoms with van der Waals surface area (Å²) in [4.78, 5) is 3.28. The molecule has 1 aromatic rings. The van der Waals surface area contributed by atoms with Gasteiger partial charge in [-0.15, -0.1) is 0 Å². The SMILES string of the molecule is N[C@H]1C[C@@H](Cc2nc(C(F)(F)F)no2)C1. The van der Waals surface area contributed by atoms with E-state index >= 15 is 0 Å². The van der Waals surface area contributed by atoms with E-state index in [9.17, 15) is 13.2 Å². The zero-order valence-electron chi connectivity index (χ0n) is 7.79. The lowest BCUT2D eigenvalue weighted by Gasteiger charge is -2.31. The summed E-state index contributed by atoms with van der Waals surface area (Å²) >= 11 is 0. The van der Waals surface area contributed by atoms with Gasteiger partial charge in [0.2, 0.25) is 5.89 Å². The van der Waals surface area contributed by atoms with Crippen molar-refractivity contribution in [2.24, 2.45) is 11.7 Å². The van der Waals surface area contributed by atoms with Crippen molar-refractivity contribution in [2.45, 2.75) is 31.5 Å². The van der Waals surface area contributed by atoms with Gasteiger partial charge in [0.1, 0.15) is 0 Å². The van der Waals surface area contributed by atoms with Gasteiger partial charge in [0.05, 0.1) is 0 Å². The predicted octanol–water partition coefficient (Wildman–Crippen LogP) is 1.37. The number of halogens is 3. The Morgan fingerprint density at radius 2 is 2.07 bits per heavy atom. The summed E-state index contributed by atoms with van der Waals surface area (Å²) in [6.45, 7) is 0. The third-order valence-corrected chi connectivity index (χ3v) is 2.46. The number of alkyl halides is 3. The molecule has 0 unspecified atom stereocenters. The molecule has 0 saturated heterocycles. The van der Waals surface area contributed by atoms with Gasteiger partial charge in [-0.1, -0.05) is 5.16 Å². The molecule has 4 nitrogen and oxygen atoms in total. The third kappa shape index (κ3) is 2.28. The highest BCUT2D eigenvalue weighted by atomic mass is 19.4. The third-order valence-electron chi connectivity index (χ3n) is 2.46. The van der Waals surface area contributed by atoms with Crippen LogP contribution in [0.3, 0.4) is 0 Å². The zero-order chi connectivity index (χ0) is 11.1. The molecule has 2 N–H and O–H groups in total. The maximum absolute atomic E-state index is 12.1. The molecule has 1 aliphatic carbocycles. The van der Waals surface area contributed by atoms with Gasteiger partial charge in [-0.25, -0.2) is 0 Å². The normalized spacial score (nSPS) is 26.4. The Kier molecular flexibility index (Phi) is 2.41. The van der Waals surface area contributed by atoms with E-state index in [0.717, 1.165) is 12.8 Å². The van der Waals surface area contributed by atoms with E-state index in [1.54, 1.807) is 0 Å². The fraction of sp³-hybridized carbons (Fsp3) is 0.750. The number of nitrogens with two attached hydrogens (primary N) is 1. The lowest BCUT2D eigenvalue weighted by Crippen LogP contribution is -2.37. The summed E-state index contributed by atoms with van der Waals surface area (Å²) in [7, 11) is 0. The maximum Gasteiger partial charge on any atom is 0.455 e. The minimum Gasteiger partial charge on any atom is -0.339 e. The Bertz CT molecular complexity index is 343. The lowest BCUT2D eigenvalue weighted by atomic mass is 9.79. The molecule has 2 rings (SSSR count). The van der Waals surface area contributed by atoms with Crippen LogP contribution in [0.2, 0.25) is 0 Å². The Balaban J connectivity index is 1.96. The lowest BCUT2D eigenvalue weighted by molar-refractivity contribution is -0.146. The van der Waals surface area contributed by atoms with Crippen LogP contribution in [0.4, 0.5) is 13.2 Å². The Hall–Kier alpha value is -1.11. The molecule has 7 heteroatoms. The van der Waals surface area contributed by atoms with Crippen LogP contribution in [-0.2, 0) is 12.6 Å². The number of nitrogens with zero attached hydrogens (tertiary/aromatic N) is 2. The first-order valence-corrected chi connectivity index (χ1v) is 4.60. The molecule has 15 heavy (non-hydrogen) atoms. The van der Waals surface area contributed by atoms with Crippen LogP contribution in [-0.4, -0.2) is 16.2 Å². The second-order valence-electron chi connectivity index (χ2n) is 3.81. The van der Waals surface area contributed by atoms with Crippen molar-refractivity contribution in [1.29, 1.82) is 0 Å². The molecule has 0 atom stereocenters. The highest BCUT2D eigenvalue weighted by Gasteiger charge is 2.37. The summed E-state index contributed by atoms with van der Waals surface area (Å²) in [5.74, 6) is -0.887. The van der Waals surface area contributed by atoms with Gasteiger partial charge < -0.3 is 10.3 Å². The van der Waals surface area contributed by atoms with Crippen molar-refractivity contribution in [2.75, 3.05) is 0 Å². The van der Waals surface area contributed by atoms with Crippen LogP contribution >= 0.6 is 0 Å². The Labute approximate surface area is 83.6 Å². The Morgan fingerprint density at radius 3 is 2.53 bits per heavy atom. The smallest absolute Gasteiger partial charge is 0.339 e. The monoisotopic (exact) mass is 221 g/mol. The first-order chi connectivity index (χ1) is 6.95. The van der Waals surface area contributed by atoms with Crippen molar-refractivity contribution < 1.29 is 17.7 Å². The Morgan fingerprint density at radius 1 is 1.40 bits per heavy atom. The highest BCUT2D eigenvalue weighted by Crippen LogP contribution is 2.30. The van der Waals surface area contributed by atoms with E-state index < -0.39 is 12.0 Å². The van der Waals surface area contributed by atoms with E-state index in [0.29, 0.717) is 6.42 Å². The van der Waals surface area contributed by atoms with Crippen molar-refractivity contribution in [3.8, 4) is 0 Å². The molecule has 1 fully saturated rings. The summed E-state index contributed by atoms with van der Waals surface area (Å²) in [5.41, 5.74) is 5.55. The van der Waals surface area contributed by atoms with Crippen molar-refractivity contribution in [1.82, 2.24) is 10.1 Å². The van der Waals surface area contributed by atoms with Crippen LogP contribution in [0.25, 0.3) is 0 Å². The van der Waals surface area contributed by atoms with Crippen molar-refractivity contribution in [3.63, 3.8) is 0 Å². The number of rotatable bonds is 2. The molecule has 1 heterocycles. The molecule has 0 bridgehead atoms. The molecule has 1 aliphatic rings. The number of aromatic nitrogens is 2. The van der Waals surface area contributed by atoms with E-state index in [1.165, 1.54) is 0 Å². The topological polar surface area (TPSA) is 64.9 Å². The van der Waals surface area contributed by atoms with Crippen molar-refractivity contribution >= 4 is 0 Å². The molecule has 0 spiro atoms. The summed E-state index contributed by atoms with van der Waals surface area (Å²) in [6.07, 6.45) is -2.53. The van der Waals surface area contributed by atoms with Crippen LogP contribution < -0.4 is 5.73 Å². The number of hydrogen-bond acceptors (Lipinski definition) is 4. The van der Waals surface area contributed by atoms with Gasteiger partial charge in [-0.3, -0.25) is 0 Å². The molecule has 0 aliphatic heterocycles. The van der Waals surface area contributed by atoms with Crippen LogP contribution in [0, 0.1) is 5.92 Å². The zero-order valence-corrected chi connectivity index (χ0v) is 7.79. The van der Waals surface area contributed by atoms with Crippen LogP contribution in [0.1, 0.15) is 24.6 Å². The van der Waals surface area contributed by atoms with Gasteiger partial charge in [-0.05, 0) is 18.8 Å². The summed E-state index contributed by atoms with van der Waals surface area (Å²) in [5, 5.41) is 2.88. The largest absolute Gasteiger partial charge is 0.455 e. The maximum atomic E-state index is 12.1. The first-order valence-electron chi connectivity index (χ1n) is 4.60. The van der Waals surface area contributed by atoms with Gasteiger partial charge in [0.25, 0.3) is 5.82 Å². The average Bonchev–Trinajstić information content (AvgIpc) is 2.49. The molecule has 0 aromatic carbocycles. The van der Waals surface area contributed by atoms with Gasteiger partial charge in [0.15, 0.2) is 0 Å². The fourth-order valence-corrected chi connectivity index (χ4v) is 1.65. The minimum absolute atomic E-state index is 0.0409. The van der Waals surface area contributed by atoms with E-state index in [2.05, 4.69) is 14.7 Å². The molecule has 84 valence electrons. The molecule has 0 amide bonds. The van der Waals surface area contributed by atoms with Crippen LogP contribution in [0.5, 0.6) is 0 Å². The predicted molar refractivity (Wildman–Crippen MR) is 43.7 cm³/mol. The second kappa shape index (κ2) is 3.48. The molecular formula is C8H10F3N3O. The minimum atomic E-state index is -4.53. The molecular weight excluding hydrogens is 211 g/mol. The van der Waals surface area contributed by atoms with Gasteiger partial charge >= 0.3 is 6.18 Å². The van der Waals surface area contributed by atoms with Gasteiger partial charge in [0, 0.05) is 12.5 Å². The first kappa shape index (κ1) is 10.4. The van der Waals surface area contributed by atoms with Crippen LogP contribution in [0.15, 0.2) is 4.52 Å². The summed E-state index contributed by atoms with van der Waals surface area (Å²) < 4.78 is 40.8. The quantitative estimate of drug-likeness (QED) is 0.819. The van der Waals surface area contributed by atoms with Gasteiger partial charge in [-0.2, -0.15) is 18.2 Å². The van der Waals surface area contributed by atoms with E-state index in [-0.39, 0.29) is 17.9 Å². The van der Waals surface area contributed by atoms with E-state index in [4.69, 9.17) is 5.73 Å². The molecule has 1 aromatic heterocycles. The average molecular weight is 221 g/mol. The summed E-state index contributed by atoms with van der Waals surface area (Å²) in [6, 6.07) is 0.167. The fourth-order valence-electron chi connectivity index (χ4n) is 1.65. The highest BCUT2D eigenvalue weighted by molar-refractivity contribution is 4.94. The standard InChI is InChI=1S/C8H10F3N3O/c9-8(10,11)7-13-6(15-14-7)3-4-1-5(12)2-4/h4-5H,1-3,12H2/t4-,5+. The van der Waals surface area contributed by atoms with Crippen molar-refractivity contribution in [3.05, 3.63) is 11.7 Å². The molecule has 1 saturated carbocycles.